The van der Waals surface area contributed by atoms with Crippen molar-refractivity contribution in [2.45, 2.75) is 13.5 Å². The largest absolute Gasteiger partial charge is 0.380 e. The smallest absolute Gasteiger partial charge is 0.356 e. The van der Waals surface area contributed by atoms with E-state index in [1.54, 1.807) is 18.3 Å². The number of carbonyl (C=O) groups excluding carboxylic acids is 1. The fourth-order valence-corrected chi connectivity index (χ4v) is 1.81. The zero-order chi connectivity index (χ0) is 14.5. The van der Waals surface area contributed by atoms with Crippen LogP contribution in [-0.4, -0.2) is 21.6 Å². The molecule has 0 unspecified atom stereocenters. The van der Waals surface area contributed by atoms with E-state index in [0.717, 1.165) is 10.2 Å². The monoisotopic (exact) mass is 336 g/mol. The highest BCUT2D eigenvalue weighted by atomic mass is 79.9. The first-order valence-corrected chi connectivity index (χ1v) is 6.64. The molecule has 2 N–H and O–H groups in total. The molecule has 1 aromatic heterocycles. The molecule has 6 nitrogen and oxygen atoms in total. The second-order valence-corrected chi connectivity index (χ2v) is 4.92. The van der Waals surface area contributed by atoms with E-state index < -0.39 is 5.97 Å². The third-order valence-corrected chi connectivity index (χ3v) is 3.27. The average Bonchev–Trinajstić information content (AvgIpc) is 2.75. The molecule has 0 saturated carbocycles. The maximum Gasteiger partial charge on any atom is 0.356 e. The molecule has 0 amide bonds. The van der Waals surface area contributed by atoms with E-state index >= 15 is 0 Å². The standard InChI is InChI=1S/C13H13BrN4O2/c1-9-11(14)7-18(16-9)8-12(19)20-17-13(15)10-5-3-2-4-6-10/h2-7H,8H2,1H3,(H2,15,17). The van der Waals surface area contributed by atoms with Gasteiger partial charge in [0.2, 0.25) is 0 Å². The lowest BCUT2D eigenvalue weighted by molar-refractivity contribution is -0.144. The number of nitrogens with two attached hydrogens (primary N) is 1. The molecule has 1 aromatic carbocycles. The number of carbonyl (C=O) groups is 1. The molecule has 104 valence electrons. The molecule has 7 heteroatoms. The van der Waals surface area contributed by atoms with Crippen LogP contribution in [0.5, 0.6) is 0 Å². The molecule has 0 bridgehead atoms. The van der Waals surface area contributed by atoms with Crippen LogP contribution in [0.2, 0.25) is 0 Å². The molecule has 1 heterocycles. The SMILES string of the molecule is Cc1nn(CC(=O)O/N=C(\N)c2ccccc2)cc1Br. The lowest BCUT2D eigenvalue weighted by Crippen LogP contribution is -2.17. The summed E-state index contributed by atoms with van der Waals surface area (Å²) < 4.78 is 2.30. The number of nitrogens with zero attached hydrogens (tertiary/aromatic N) is 3. The summed E-state index contributed by atoms with van der Waals surface area (Å²) in [5.74, 6) is -0.393. The Bertz CT molecular complexity index is 618. The highest BCUT2D eigenvalue weighted by Gasteiger charge is 2.08. The molecular formula is C13H13BrN4O2. The van der Waals surface area contributed by atoms with Crippen LogP contribution in [0.15, 0.2) is 46.2 Å². The maximum absolute atomic E-state index is 11.6. The number of hydrogen-bond donors (Lipinski definition) is 1. The van der Waals surface area contributed by atoms with Gasteiger partial charge in [-0.3, -0.25) is 4.68 Å². The molecule has 0 fully saturated rings. The van der Waals surface area contributed by atoms with Gasteiger partial charge in [-0.05, 0) is 22.9 Å². The van der Waals surface area contributed by atoms with Crippen LogP contribution < -0.4 is 5.73 Å². The Morgan fingerprint density at radius 2 is 2.15 bits per heavy atom. The van der Waals surface area contributed by atoms with Crippen LogP contribution in [0.3, 0.4) is 0 Å². The Morgan fingerprint density at radius 1 is 1.45 bits per heavy atom. The number of aryl methyl sites for hydroxylation is 1. The van der Waals surface area contributed by atoms with Crippen molar-refractivity contribution in [1.82, 2.24) is 9.78 Å². The van der Waals surface area contributed by atoms with Gasteiger partial charge in [-0.15, -0.1) is 0 Å². The second-order valence-electron chi connectivity index (χ2n) is 4.07. The van der Waals surface area contributed by atoms with Crippen molar-refractivity contribution in [3.05, 3.63) is 52.3 Å². The van der Waals surface area contributed by atoms with Gasteiger partial charge < -0.3 is 10.6 Å². The Labute approximate surface area is 124 Å². The van der Waals surface area contributed by atoms with Crippen LogP contribution in [-0.2, 0) is 16.2 Å². The van der Waals surface area contributed by atoms with Crippen LogP contribution >= 0.6 is 15.9 Å². The Balaban J connectivity index is 1.95. The summed E-state index contributed by atoms with van der Waals surface area (Å²) in [5, 5.41) is 7.74. The van der Waals surface area contributed by atoms with Gasteiger partial charge in [0, 0.05) is 11.8 Å². The van der Waals surface area contributed by atoms with Crippen molar-refractivity contribution in [1.29, 1.82) is 0 Å². The summed E-state index contributed by atoms with van der Waals surface area (Å²) in [5.41, 5.74) is 7.20. The van der Waals surface area contributed by atoms with Crippen molar-refractivity contribution in [2.75, 3.05) is 0 Å². The van der Waals surface area contributed by atoms with E-state index in [4.69, 9.17) is 10.6 Å². The van der Waals surface area contributed by atoms with Gasteiger partial charge in [-0.25, -0.2) is 4.79 Å². The molecule has 0 atom stereocenters. The topological polar surface area (TPSA) is 82.5 Å². The summed E-state index contributed by atoms with van der Waals surface area (Å²) in [6, 6.07) is 9.06. The molecule has 0 spiro atoms. The fourth-order valence-electron chi connectivity index (χ4n) is 1.50. The fraction of sp³-hybridized carbons (Fsp3) is 0.154. The van der Waals surface area contributed by atoms with Gasteiger partial charge in [0.1, 0.15) is 6.54 Å². The molecule has 2 rings (SSSR count). The van der Waals surface area contributed by atoms with E-state index in [1.807, 2.05) is 25.1 Å². The van der Waals surface area contributed by atoms with Crippen LogP contribution in [0.25, 0.3) is 0 Å². The number of aromatic nitrogens is 2. The van der Waals surface area contributed by atoms with Gasteiger partial charge in [-0.1, -0.05) is 35.5 Å². The Kier molecular flexibility index (Phi) is 4.52. The van der Waals surface area contributed by atoms with E-state index in [1.165, 1.54) is 4.68 Å². The molecular weight excluding hydrogens is 324 g/mol. The van der Waals surface area contributed by atoms with Gasteiger partial charge in [-0.2, -0.15) is 5.10 Å². The Hall–Kier alpha value is -2.15. The zero-order valence-electron chi connectivity index (χ0n) is 10.8. The minimum Gasteiger partial charge on any atom is -0.380 e. The molecule has 0 saturated heterocycles. The summed E-state index contributed by atoms with van der Waals surface area (Å²) in [7, 11) is 0. The summed E-state index contributed by atoms with van der Waals surface area (Å²) >= 11 is 3.32. The summed E-state index contributed by atoms with van der Waals surface area (Å²) in [6.07, 6.45) is 1.70. The third kappa shape index (κ3) is 3.67. The quantitative estimate of drug-likeness (QED) is 0.399. The number of hydrogen-bond acceptors (Lipinski definition) is 4. The molecule has 20 heavy (non-hydrogen) atoms. The number of rotatable bonds is 4. The van der Waals surface area contributed by atoms with Gasteiger partial charge in [0.25, 0.3) is 0 Å². The molecule has 2 aromatic rings. The molecule has 0 aliphatic heterocycles. The average molecular weight is 337 g/mol. The van der Waals surface area contributed by atoms with Gasteiger partial charge >= 0.3 is 5.97 Å². The van der Waals surface area contributed by atoms with Gasteiger partial charge in [0.15, 0.2) is 5.84 Å². The van der Waals surface area contributed by atoms with Gasteiger partial charge in [0.05, 0.1) is 10.2 Å². The predicted octanol–water partition coefficient (Wildman–Crippen LogP) is 1.82. The van der Waals surface area contributed by atoms with Crippen molar-refractivity contribution in [3.8, 4) is 0 Å². The van der Waals surface area contributed by atoms with E-state index in [2.05, 4.69) is 26.2 Å². The highest BCUT2D eigenvalue weighted by Crippen LogP contribution is 2.12. The van der Waals surface area contributed by atoms with Crippen molar-refractivity contribution < 1.29 is 9.63 Å². The predicted molar refractivity (Wildman–Crippen MR) is 77.9 cm³/mol. The highest BCUT2D eigenvalue weighted by molar-refractivity contribution is 9.10. The van der Waals surface area contributed by atoms with Crippen LogP contribution in [0.4, 0.5) is 0 Å². The molecule has 0 radical (unpaired) electrons. The summed E-state index contributed by atoms with van der Waals surface area (Å²) in [4.78, 5) is 16.4. The van der Waals surface area contributed by atoms with E-state index in [9.17, 15) is 4.79 Å². The summed E-state index contributed by atoms with van der Waals surface area (Å²) in [6.45, 7) is 1.80. The lowest BCUT2D eigenvalue weighted by atomic mass is 10.2. The minimum atomic E-state index is -0.543. The number of benzene rings is 1. The van der Waals surface area contributed by atoms with Crippen LogP contribution in [0.1, 0.15) is 11.3 Å². The Morgan fingerprint density at radius 3 is 2.75 bits per heavy atom. The maximum atomic E-state index is 11.6. The van der Waals surface area contributed by atoms with E-state index in [0.29, 0.717) is 5.56 Å². The number of halogens is 1. The number of oxime groups is 1. The first kappa shape index (κ1) is 14.3. The van der Waals surface area contributed by atoms with Crippen molar-refractivity contribution >= 4 is 27.7 Å². The van der Waals surface area contributed by atoms with Crippen molar-refractivity contribution in [3.63, 3.8) is 0 Å². The zero-order valence-corrected chi connectivity index (χ0v) is 12.4. The molecule has 0 aliphatic carbocycles. The second kappa shape index (κ2) is 6.33. The van der Waals surface area contributed by atoms with Crippen molar-refractivity contribution in [2.24, 2.45) is 10.9 Å². The van der Waals surface area contributed by atoms with Crippen LogP contribution in [0, 0.1) is 6.92 Å². The minimum absolute atomic E-state index is 0.0298. The van der Waals surface area contributed by atoms with E-state index in [-0.39, 0.29) is 12.4 Å². The lowest BCUT2D eigenvalue weighted by Gasteiger charge is -2.01. The third-order valence-electron chi connectivity index (χ3n) is 2.49. The molecule has 0 aliphatic rings. The number of amidine groups is 1. The first-order chi connectivity index (χ1) is 9.56. The normalized spacial score (nSPS) is 11.4. The first-order valence-electron chi connectivity index (χ1n) is 5.84.